The number of nitrogens with zero attached hydrogens (tertiary/aromatic N) is 1. The highest BCUT2D eigenvalue weighted by molar-refractivity contribution is 5.83. The Morgan fingerprint density at radius 1 is 1.22 bits per heavy atom. The number of hydrogen-bond acceptors (Lipinski definition) is 3. The van der Waals surface area contributed by atoms with Crippen LogP contribution in [0.2, 0.25) is 0 Å². The Morgan fingerprint density at radius 3 is 2.44 bits per heavy atom. The van der Waals surface area contributed by atoms with Crippen molar-refractivity contribution in [1.29, 1.82) is 5.26 Å². The maximum absolute atomic E-state index is 11.6. The van der Waals surface area contributed by atoms with Crippen molar-refractivity contribution >= 4 is 11.0 Å². The maximum Gasteiger partial charge on any atom is 0.339 e. The summed E-state index contributed by atoms with van der Waals surface area (Å²) in [5.74, 6) is 0. The second kappa shape index (κ2) is 3.99. The van der Waals surface area contributed by atoms with Gasteiger partial charge >= 0.3 is 5.63 Å². The summed E-state index contributed by atoms with van der Waals surface area (Å²) in [6.07, 6.45) is 0. The molecule has 0 unspecified atom stereocenters. The van der Waals surface area contributed by atoms with Gasteiger partial charge in [0.05, 0.1) is 11.6 Å². The zero-order valence-electron chi connectivity index (χ0n) is 11.0. The first-order valence-electron chi connectivity index (χ1n) is 5.82. The molecular weight excluding hydrogens is 226 g/mol. The first-order valence-corrected chi connectivity index (χ1v) is 5.82. The summed E-state index contributed by atoms with van der Waals surface area (Å²) in [5.41, 5.74) is 2.10. The Balaban J connectivity index is 2.96. The quantitative estimate of drug-likeness (QED) is 0.665. The van der Waals surface area contributed by atoms with Crippen molar-refractivity contribution in [2.75, 3.05) is 0 Å². The molecule has 1 heterocycles. The van der Waals surface area contributed by atoms with E-state index in [1.54, 1.807) is 25.1 Å². The molecule has 0 aliphatic rings. The van der Waals surface area contributed by atoms with Crippen molar-refractivity contribution in [3.63, 3.8) is 0 Å². The predicted molar refractivity (Wildman–Crippen MR) is 70.6 cm³/mol. The molecule has 3 nitrogen and oxygen atoms in total. The smallest absolute Gasteiger partial charge is 0.339 e. The van der Waals surface area contributed by atoms with E-state index in [2.05, 4.69) is 6.07 Å². The van der Waals surface area contributed by atoms with E-state index >= 15 is 0 Å². The minimum absolute atomic E-state index is 0.184. The molecule has 0 saturated heterocycles. The number of fused-ring (bicyclic) bond motifs is 1. The van der Waals surface area contributed by atoms with E-state index in [-0.39, 0.29) is 11.0 Å². The molecule has 3 heteroatoms. The van der Waals surface area contributed by atoms with Crippen LogP contribution in [0.5, 0.6) is 0 Å². The summed E-state index contributed by atoms with van der Waals surface area (Å²) in [7, 11) is 0. The van der Waals surface area contributed by atoms with Crippen LogP contribution in [-0.2, 0) is 5.41 Å². The molecule has 0 fully saturated rings. The van der Waals surface area contributed by atoms with E-state index in [1.165, 1.54) is 0 Å². The van der Waals surface area contributed by atoms with Crippen LogP contribution in [0.1, 0.15) is 37.5 Å². The third-order valence-corrected chi connectivity index (χ3v) is 2.94. The van der Waals surface area contributed by atoms with E-state index in [9.17, 15) is 4.79 Å². The fourth-order valence-corrected chi connectivity index (χ4v) is 1.96. The monoisotopic (exact) mass is 241 g/mol. The molecule has 0 bridgehead atoms. The van der Waals surface area contributed by atoms with Gasteiger partial charge < -0.3 is 4.42 Å². The molecule has 2 aromatic rings. The number of nitriles is 1. The van der Waals surface area contributed by atoms with E-state index in [1.807, 2.05) is 20.8 Å². The maximum atomic E-state index is 11.6. The Hall–Kier alpha value is -2.08. The van der Waals surface area contributed by atoms with Crippen molar-refractivity contribution < 1.29 is 4.42 Å². The molecule has 2 rings (SSSR count). The Labute approximate surface area is 106 Å². The number of aryl methyl sites for hydroxylation is 1. The fraction of sp³-hybridized carbons (Fsp3) is 0.333. The minimum atomic E-state index is -0.322. The van der Waals surface area contributed by atoms with Gasteiger partial charge in [0.2, 0.25) is 0 Å². The predicted octanol–water partition coefficient (Wildman–Crippen LogP) is 3.27. The average molecular weight is 241 g/mol. The van der Waals surface area contributed by atoms with Crippen molar-refractivity contribution in [3.8, 4) is 6.07 Å². The number of benzene rings is 1. The van der Waals surface area contributed by atoms with Crippen LogP contribution in [0.3, 0.4) is 0 Å². The molecule has 0 N–H and O–H groups in total. The lowest BCUT2D eigenvalue weighted by molar-refractivity contribution is 0.526. The summed E-state index contributed by atoms with van der Waals surface area (Å²) < 4.78 is 5.38. The number of rotatable bonds is 0. The molecule has 0 saturated carbocycles. The van der Waals surface area contributed by atoms with Crippen molar-refractivity contribution in [1.82, 2.24) is 0 Å². The molecule has 18 heavy (non-hydrogen) atoms. The van der Waals surface area contributed by atoms with E-state index < -0.39 is 0 Å². The van der Waals surface area contributed by atoms with Gasteiger partial charge in [-0.1, -0.05) is 20.8 Å². The number of hydrogen-bond donors (Lipinski definition) is 0. The van der Waals surface area contributed by atoms with Gasteiger partial charge in [0.25, 0.3) is 0 Å². The largest absolute Gasteiger partial charge is 0.422 e. The summed E-state index contributed by atoms with van der Waals surface area (Å²) in [6.45, 7) is 7.80. The Kier molecular flexibility index (Phi) is 2.74. The summed E-state index contributed by atoms with van der Waals surface area (Å²) in [5, 5.41) is 9.87. The second-order valence-corrected chi connectivity index (χ2v) is 5.52. The van der Waals surface area contributed by atoms with Gasteiger partial charge in [-0.2, -0.15) is 5.26 Å². The van der Waals surface area contributed by atoms with Crippen LogP contribution in [0.4, 0.5) is 0 Å². The SMILES string of the molecule is Cc1cc2cc(C#N)cc(C(C)(C)C)c2oc1=O. The van der Waals surface area contributed by atoms with Gasteiger partial charge in [0.15, 0.2) is 0 Å². The molecular formula is C15H15NO2. The lowest BCUT2D eigenvalue weighted by Gasteiger charge is -2.20. The van der Waals surface area contributed by atoms with Gasteiger partial charge in [0, 0.05) is 16.5 Å². The van der Waals surface area contributed by atoms with Crippen molar-refractivity contribution in [2.45, 2.75) is 33.1 Å². The lowest BCUT2D eigenvalue weighted by Crippen LogP contribution is -2.14. The zero-order valence-corrected chi connectivity index (χ0v) is 11.0. The average Bonchev–Trinajstić information content (AvgIpc) is 2.28. The molecule has 92 valence electrons. The van der Waals surface area contributed by atoms with E-state index in [0.29, 0.717) is 16.7 Å². The standard InChI is InChI=1S/C15H15NO2/c1-9-5-11-6-10(8-16)7-12(15(2,3)4)13(11)18-14(9)17/h5-7H,1-4H3. The minimum Gasteiger partial charge on any atom is -0.422 e. The topological polar surface area (TPSA) is 54.0 Å². The third kappa shape index (κ3) is 2.02. The first kappa shape index (κ1) is 12.4. The van der Waals surface area contributed by atoms with Gasteiger partial charge in [-0.3, -0.25) is 0 Å². The molecule has 0 radical (unpaired) electrons. The molecule has 0 amide bonds. The highest BCUT2D eigenvalue weighted by Crippen LogP contribution is 2.30. The van der Waals surface area contributed by atoms with Gasteiger partial charge in [0.1, 0.15) is 5.58 Å². The first-order chi connectivity index (χ1) is 8.32. The fourth-order valence-electron chi connectivity index (χ4n) is 1.96. The van der Waals surface area contributed by atoms with Gasteiger partial charge in [-0.15, -0.1) is 0 Å². The van der Waals surface area contributed by atoms with Crippen LogP contribution in [0.25, 0.3) is 11.0 Å². The highest BCUT2D eigenvalue weighted by atomic mass is 16.4. The van der Waals surface area contributed by atoms with E-state index in [4.69, 9.17) is 9.68 Å². The van der Waals surface area contributed by atoms with Crippen LogP contribution in [0, 0.1) is 18.3 Å². The molecule has 0 atom stereocenters. The van der Waals surface area contributed by atoms with Gasteiger partial charge in [-0.25, -0.2) is 4.79 Å². The van der Waals surface area contributed by atoms with Gasteiger partial charge in [-0.05, 0) is 30.5 Å². The Bertz CT molecular complexity index is 712. The molecule has 1 aromatic carbocycles. The summed E-state index contributed by atoms with van der Waals surface area (Å²) in [6, 6.07) is 7.46. The zero-order chi connectivity index (χ0) is 13.5. The highest BCUT2D eigenvalue weighted by Gasteiger charge is 2.20. The van der Waals surface area contributed by atoms with Crippen LogP contribution < -0.4 is 5.63 Å². The van der Waals surface area contributed by atoms with Crippen molar-refractivity contribution in [3.05, 3.63) is 45.3 Å². The van der Waals surface area contributed by atoms with E-state index in [0.717, 1.165) is 10.9 Å². The van der Waals surface area contributed by atoms with Crippen LogP contribution >= 0.6 is 0 Å². The third-order valence-electron chi connectivity index (χ3n) is 2.94. The molecule has 0 aliphatic heterocycles. The van der Waals surface area contributed by atoms with Crippen LogP contribution in [0.15, 0.2) is 27.4 Å². The summed E-state index contributed by atoms with van der Waals surface area (Å²) >= 11 is 0. The molecule has 0 spiro atoms. The normalized spacial score (nSPS) is 11.5. The van der Waals surface area contributed by atoms with Crippen LogP contribution in [-0.4, -0.2) is 0 Å². The Morgan fingerprint density at radius 2 is 1.89 bits per heavy atom. The molecule has 1 aromatic heterocycles. The lowest BCUT2D eigenvalue weighted by atomic mass is 9.85. The summed E-state index contributed by atoms with van der Waals surface area (Å²) in [4.78, 5) is 11.6. The van der Waals surface area contributed by atoms with Crippen molar-refractivity contribution in [2.24, 2.45) is 0 Å². The second-order valence-electron chi connectivity index (χ2n) is 5.52. The molecule has 0 aliphatic carbocycles.